The highest BCUT2D eigenvalue weighted by atomic mass is 15.0. The predicted molar refractivity (Wildman–Crippen MR) is 84.9 cm³/mol. The highest BCUT2D eigenvalue weighted by molar-refractivity contribution is 5.28. The van der Waals surface area contributed by atoms with Crippen molar-refractivity contribution >= 4 is 0 Å². The van der Waals surface area contributed by atoms with E-state index >= 15 is 0 Å². The third-order valence-electron chi connectivity index (χ3n) is 5.30. The summed E-state index contributed by atoms with van der Waals surface area (Å²) < 4.78 is 0. The zero-order chi connectivity index (χ0) is 13.9. The van der Waals surface area contributed by atoms with Gasteiger partial charge in [-0.1, -0.05) is 30.7 Å². The number of hydrogen-bond donors (Lipinski definition) is 2. The van der Waals surface area contributed by atoms with Crippen LogP contribution < -0.4 is 10.6 Å². The van der Waals surface area contributed by atoms with Gasteiger partial charge in [0.15, 0.2) is 0 Å². The Morgan fingerprint density at radius 3 is 2.75 bits per heavy atom. The van der Waals surface area contributed by atoms with Gasteiger partial charge >= 0.3 is 0 Å². The Morgan fingerprint density at radius 1 is 1.15 bits per heavy atom. The summed E-state index contributed by atoms with van der Waals surface area (Å²) in [5.41, 5.74) is 2.86. The largest absolute Gasteiger partial charge is 0.314 e. The van der Waals surface area contributed by atoms with Gasteiger partial charge in [0.25, 0.3) is 0 Å². The first kappa shape index (κ1) is 14.1. The van der Waals surface area contributed by atoms with Crippen molar-refractivity contribution in [1.82, 2.24) is 10.6 Å². The van der Waals surface area contributed by atoms with E-state index in [-0.39, 0.29) is 0 Å². The molecule has 0 radical (unpaired) electrons. The second-order valence-electron chi connectivity index (χ2n) is 6.65. The molecule has 2 fully saturated rings. The van der Waals surface area contributed by atoms with Crippen molar-refractivity contribution in [3.8, 4) is 0 Å². The second kappa shape index (κ2) is 6.28. The van der Waals surface area contributed by atoms with E-state index in [1.54, 1.807) is 0 Å². The Hall–Kier alpha value is -0.860. The van der Waals surface area contributed by atoms with E-state index in [0.29, 0.717) is 12.1 Å². The van der Waals surface area contributed by atoms with Gasteiger partial charge in [0.05, 0.1) is 0 Å². The molecule has 2 nitrogen and oxygen atoms in total. The van der Waals surface area contributed by atoms with Gasteiger partial charge in [0, 0.05) is 18.1 Å². The first-order valence-corrected chi connectivity index (χ1v) is 8.30. The van der Waals surface area contributed by atoms with Gasteiger partial charge < -0.3 is 10.6 Å². The van der Waals surface area contributed by atoms with Gasteiger partial charge in [-0.3, -0.25) is 0 Å². The molecule has 110 valence electrons. The SMILES string of the molecule is Cc1ccccc1[C@@H](C)NC1CCCC1C1CCCN1. The van der Waals surface area contributed by atoms with E-state index in [9.17, 15) is 0 Å². The zero-order valence-corrected chi connectivity index (χ0v) is 12.9. The van der Waals surface area contributed by atoms with E-state index in [0.717, 1.165) is 12.0 Å². The molecule has 0 aromatic heterocycles. The van der Waals surface area contributed by atoms with Gasteiger partial charge in [0.1, 0.15) is 0 Å². The molecule has 1 saturated carbocycles. The summed E-state index contributed by atoms with van der Waals surface area (Å²) in [4.78, 5) is 0. The van der Waals surface area contributed by atoms with Crippen LogP contribution in [0, 0.1) is 12.8 Å². The molecule has 1 saturated heterocycles. The average Bonchev–Trinajstić information content (AvgIpc) is 3.09. The maximum absolute atomic E-state index is 3.92. The fourth-order valence-corrected chi connectivity index (χ4v) is 4.24. The van der Waals surface area contributed by atoms with Crippen molar-refractivity contribution in [3.63, 3.8) is 0 Å². The fourth-order valence-electron chi connectivity index (χ4n) is 4.24. The van der Waals surface area contributed by atoms with Crippen LogP contribution in [0.5, 0.6) is 0 Å². The molecule has 1 aromatic carbocycles. The minimum Gasteiger partial charge on any atom is -0.314 e. The molecule has 1 aliphatic heterocycles. The first-order valence-electron chi connectivity index (χ1n) is 8.30. The van der Waals surface area contributed by atoms with Gasteiger partial charge in [-0.05, 0) is 63.1 Å². The quantitative estimate of drug-likeness (QED) is 0.875. The molecule has 1 aliphatic carbocycles. The molecular formula is C18H28N2. The van der Waals surface area contributed by atoms with E-state index < -0.39 is 0 Å². The van der Waals surface area contributed by atoms with Crippen molar-refractivity contribution in [3.05, 3.63) is 35.4 Å². The minimum atomic E-state index is 0.461. The van der Waals surface area contributed by atoms with Crippen LogP contribution in [0.15, 0.2) is 24.3 Å². The fraction of sp³-hybridized carbons (Fsp3) is 0.667. The van der Waals surface area contributed by atoms with Crippen LogP contribution in [-0.2, 0) is 0 Å². The Bertz CT molecular complexity index is 437. The summed E-state index contributed by atoms with van der Waals surface area (Å²) in [7, 11) is 0. The topological polar surface area (TPSA) is 24.1 Å². The first-order chi connectivity index (χ1) is 9.75. The summed E-state index contributed by atoms with van der Waals surface area (Å²) >= 11 is 0. The minimum absolute atomic E-state index is 0.461. The normalized spacial score (nSPS) is 31.6. The highest BCUT2D eigenvalue weighted by Gasteiger charge is 2.35. The van der Waals surface area contributed by atoms with Crippen LogP contribution in [0.3, 0.4) is 0 Å². The lowest BCUT2D eigenvalue weighted by atomic mass is 9.92. The zero-order valence-electron chi connectivity index (χ0n) is 12.9. The molecule has 20 heavy (non-hydrogen) atoms. The summed E-state index contributed by atoms with van der Waals surface area (Å²) in [6, 6.07) is 10.7. The van der Waals surface area contributed by atoms with Gasteiger partial charge in [-0.25, -0.2) is 0 Å². The van der Waals surface area contributed by atoms with Crippen molar-refractivity contribution < 1.29 is 0 Å². The number of benzene rings is 1. The molecule has 2 heteroatoms. The number of hydrogen-bond acceptors (Lipinski definition) is 2. The molecule has 2 aliphatic rings. The van der Waals surface area contributed by atoms with Crippen LogP contribution in [0.2, 0.25) is 0 Å². The van der Waals surface area contributed by atoms with Crippen LogP contribution in [0.25, 0.3) is 0 Å². The maximum Gasteiger partial charge on any atom is 0.0297 e. The summed E-state index contributed by atoms with van der Waals surface area (Å²) in [6.45, 7) is 5.76. The van der Waals surface area contributed by atoms with E-state index in [1.165, 1.54) is 49.8 Å². The monoisotopic (exact) mass is 272 g/mol. The molecule has 0 bridgehead atoms. The van der Waals surface area contributed by atoms with E-state index in [4.69, 9.17) is 0 Å². The number of rotatable bonds is 4. The van der Waals surface area contributed by atoms with Gasteiger partial charge in [0.2, 0.25) is 0 Å². The van der Waals surface area contributed by atoms with Crippen LogP contribution in [0.4, 0.5) is 0 Å². The standard InChI is InChI=1S/C18H28N2/c1-13-7-3-4-8-15(13)14(2)20-18-10-5-9-16(18)17-11-6-12-19-17/h3-4,7-8,14,16-20H,5-6,9-12H2,1-2H3/t14-,16?,17?,18?/m1/s1. The van der Waals surface area contributed by atoms with Crippen LogP contribution in [-0.4, -0.2) is 18.6 Å². The molecular weight excluding hydrogens is 244 g/mol. The Labute approximate surface area is 123 Å². The Kier molecular flexibility index (Phi) is 4.42. The van der Waals surface area contributed by atoms with E-state index in [2.05, 4.69) is 48.7 Å². The van der Waals surface area contributed by atoms with Crippen molar-refractivity contribution in [2.75, 3.05) is 6.54 Å². The summed E-state index contributed by atoms with van der Waals surface area (Å²) in [6.07, 6.45) is 6.87. The second-order valence-corrected chi connectivity index (χ2v) is 6.65. The Morgan fingerprint density at radius 2 is 2.00 bits per heavy atom. The molecule has 3 unspecified atom stereocenters. The van der Waals surface area contributed by atoms with Gasteiger partial charge in [-0.15, -0.1) is 0 Å². The van der Waals surface area contributed by atoms with Crippen molar-refractivity contribution in [1.29, 1.82) is 0 Å². The van der Waals surface area contributed by atoms with Crippen molar-refractivity contribution in [2.24, 2.45) is 5.92 Å². The van der Waals surface area contributed by atoms with Crippen molar-refractivity contribution in [2.45, 2.75) is 64.1 Å². The maximum atomic E-state index is 3.92. The molecule has 0 amide bonds. The third-order valence-corrected chi connectivity index (χ3v) is 5.30. The lowest BCUT2D eigenvalue weighted by molar-refractivity contribution is 0.303. The molecule has 3 rings (SSSR count). The predicted octanol–water partition coefficient (Wildman–Crippen LogP) is 3.57. The van der Waals surface area contributed by atoms with Crippen LogP contribution in [0.1, 0.15) is 56.2 Å². The van der Waals surface area contributed by atoms with Gasteiger partial charge in [-0.2, -0.15) is 0 Å². The molecule has 4 atom stereocenters. The molecule has 0 spiro atoms. The third kappa shape index (κ3) is 2.91. The number of nitrogens with one attached hydrogen (secondary N) is 2. The number of aryl methyl sites for hydroxylation is 1. The lowest BCUT2D eigenvalue weighted by Crippen LogP contribution is -2.43. The molecule has 1 aromatic rings. The average molecular weight is 272 g/mol. The van der Waals surface area contributed by atoms with E-state index in [1.807, 2.05) is 0 Å². The summed E-state index contributed by atoms with van der Waals surface area (Å²) in [5.74, 6) is 0.837. The smallest absolute Gasteiger partial charge is 0.0297 e. The Balaban J connectivity index is 1.65. The summed E-state index contributed by atoms with van der Waals surface area (Å²) in [5, 5.41) is 7.64. The van der Waals surface area contributed by atoms with Crippen LogP contribution >= 0.6 is 0 Å². The molecule has 1 heterocycles. The molecule has 2 N–H and O–H groups in total. The lowest BCUT2D eigenvalue weighted by Gasteiger charge is -2.30. The highest BCUT2D eigenvalue weighted by Crippen LogP contribution is 2.33.